The second-order valence-corrected chi connectivity index (χ2v) is 7.63. The molecule has 1 aromatic heterocycles. The monoisotopic (exact) mass is 422 g/mol. The number of hydrogen-bond donors (Lipinski definition) is 2. The van der Waals surface area contributed by atoms with E-state index in [0.29, 0.717) is 11.6 Å². The average molecular weight is 423 g/mol. The van der Waals surface area contributed by atoms with E-state index in [1.54, 1.807) is 0 Å². The van der Waals surface area contributed by atoms with Crippen LogP contribution in [-0.4, -0.2) is 42.1 Å². The van der Waals surface area contributed by atoms with E-state index in [-0.39, 0.29) is 17.3 Å². The van der Waals surface area contributed by atoms with Crippen molar-refractivity contribution < 1.29 is 4.79 Å². The molecule has 0 spiro atoms. The van der Waals surface area contributed by atoms with Crippen LogP contribution in [0.4, 0.5) is 23.1 Å². The summed E-state index contributed by atoms with van der Waals surface area (Å²) in [6, 6.07) is 15.1. The van der Waals surface area contributed by atoms with Crippen LogP contribution in [0, 0.1) is 6.92 Å². The number of rotatable bonds is 4. The molecule has 0 saturated carbocycles. The maximum absolute atomic E-state index is 12.5. The molecule has 3 aromatic rings. The molecule has 3 N–H and O–H groups in total. The summed E-state index contributed by atoms with van der Waals surface area (Å²) in [6.45, 7) is 5.23. The van der Waals surface area contributed by atoms with Gasteiger partial charge in [0.15, 0.2) is 0 Å². The van der Waals surface area contributed by atoms with Gasteiger partial charge in [0.1, 0.15) is 11.4 Å². The topological polar surface area (TPSA) is 87.4 Å². The molecule has 1 fully saturated rings. The lowest BCUT2D eigenvalue weighted by Gasteiger charge is -2.37. The molecular weight excluding hydrogens is 400 g/mol. The number of carbonyl (C=O) groups is 1. The summed E-state index contributed by atoms with van der Waals surface area (Å²) < 4.78 is 0. The molecule has 30 heavy (non-hydrogen) atoms. The number of nitrogens with two attached hydrogens (primary N) is 1. The van der Waals surface area contributed by atoms with Gasteiger partial charge in [-0.3, -0.25) is 4.79 Å². The zero-order chi connectivity index (χ0) is 21.1. The van der Waals surface area contributed by atoms with E-state index in [0.717, 1.165) is 36.9 Å². The number of anilines is 4. The Labute approximate surface area is 180 Å². The van der Waals surface area contributed by atoms with Gasteiger partial charge in [-0.1, -0.05) is 35.9 Å². The van der Waals surface area contributed by atoms with Crippen LogP contribution in [0.2, 0.25) is 5.02 Å². The Bertz CT molecular complexity index is 1050. The molecule has 4 rings (SSSR count). The molecular formula is C22H23ClN6O. The molecule has 2 aromatic carbocycles. The number of aryl methyl sites for hydroxylation is 1. The van der Waals surface area contributed by atoms with E-state index < -0.39 is 0 Å². The normalized spacial score (nSPS) is 13.9. The summed E-state index contributed by atoms with van der Waals surface area (Å²) in [5.41, 5.74) is 9.37. The molecule has 7 nitrogen and oxygen atoms in total. The van der Waals surface area contributed by atoms with Crippen molar-refractivity contribution in [3.05, 3.63) is 70.9 Å². The van der Waals surface area contributed by atoms with E-state index in [9.17, 15) is 4.79 Å². The molecule has 0 atom stereocenters. The van der Waals surface area contributed by atoms with Gasteiger partial charge in [-0.05, 0) is 36.8 Å². The molecule has 1 amide bonds. The van der Waals surface area contributed by atoms with Crippen molar-refractivity contribution in [1.29, 1.82) is 0 Å². The van der Waals surface area contributed by atoms with Crippen LogP contribution in [0.5, 0.6) is 0 Å². The van der Waals surface area contributed by atoms with E-state index in [1.165, 1.54) is 11.8 Å². The fraction of sp³-hybridized carbons (Fsp3) is 0.227. The number of benzene rings is 2. The van der Waals surface area contributed by atoms with Gasteiger partial charge in [0.2, 0.25) is 5.95 Å². The van der Waals surface area contributed by atoms with Crippen LogP contribution in [-0.2, 0) is 0 Å². The fourth-order valence-electron chi connectivity index (χ4n) is 3.50. The average Bonchev–Trinajstić information content (AvgIpc) is 2.76. The number of nitrogen functional groups attached to an aromatic ring is 1. The van der Waals surface area contributed by atoms with E-state index in [4.69, 9.17) is 17.3 Å². The quantitative estimate of drug-likeness (QED) is 0.668. The Hall–Kier alpha value is -3.32. The molecule has 1 aliphatic rings. The number of nitrogens with one attached hydrogen (secondary N) is 1. The van der Waals surface area contributed by atoms with Crippen molar-refractivity contribution in [1.82, 2.24) is 9.97 Å². The lowest BCUT2D eigenvalue weighted by Crippen LogP contribution is -2.47. The Morgan fingerprint density at radius 3 is 2.47 bits per heavy atom. The third kappa shape index (κ3) is 4.31. The Morgan fingerprint density at radius 2 is 1.77 bits per heavy atom. The summed E-state index contributed by atoms with van der Waals surface area (Å²) in [6.07, 6.45) is 1.49. The molecule has 154 valence electrons. The second kappa shape index (κ2) is 8.59. The van der Waals surface area contributed by atoms with Gasteiger partial charge in [-0.25, -0.2) is 4.98 Å². The summed E-state index contributed by atoms with van der Waals surface area (Å²) in [4.78, 5) is 25.6. The largest absolute Gasteiger partial charge is 0.383 e. The van der Waals surface area contributed by atoms with Crippen molar-refractivity contribution in [2.24, 2.45) is 0 Å². The fourth-order valence-corrected chi connectivity index (χ4v) is 3.67. The zero-order valence-electron chi connectivity index (χ0n) is 16.7. The van der Waals surface area contributed by atoms with Crippen molar-refractivity contribution in [2.75, 3.05) is 47.0 Å². The first kappa shape index (κ1) is 20.0. The molecule has 0 unspecified atom stereocenters. The highest BCUT2D eigenvalue weighted by molar-refractivity contribution is 6.30. The highest BCUT2D eigenvalue weighted by Gasteiger charge is 2.22. The molecule has 1 aliphatic heterocycles. The van der Waals surface area contributed by atoms with Gasteiger partial charge in [-0.15, -0.1) is 0 Å². The van der Waals surface area contributed by atoms with Crippen LogP contribution in [0.15, 0.2) is 54.7 Å². The zero-order valence-corrected chi connectivity index (χ0v) is 17.4. The SMILES string of the molecule is Cc1ccc(Cl)cc1N1CCN(c2ncc(C(=O)Nc3ccccc3)c(N)n2)CC1. The molecule has 0 aliphatic carbocycles. The van der Waals surface area contributed by atoms with Crippen molar-refractivity contribution in [3.8, 4) is 0 Å². The van der Waals surface area contributed by atoms with Gasteiger partial charge in [0, 0.05) is 48.8 Å². The maximum Gasteiger partial charge on any atom is 0.260 e. The number of halogens is 1. The molecule has 0 bridgehead atoms. The third-order valence-electron chi connectivity index (χ3n) is 5.16. The smallest absolute Gasteiger partial charge is 0.260 e. The lowest BCUT2D eigenvalue weighted by atomic mass is 10.1. The highest BCUT2D eigenvalue weighted by atomic mass is 35.5. The number of aromatic nitrogens is 2. The predicted molar refractivity (Wildman–Crippen MR) is 121 cm³/mol. The van der Waals surface area contributed by atoms with Gasteiger partial charge < -0.3 is 20.9 Å². The van der Waals surface area contributed by atoms with E-state index in [2.05, 4.69) is 32.0 Å². The summed E-state index contributed by atoms with van der Waals surface area (Å²) in [7, 11) is 0. The number of carbonyl (C=O) groups excluding carboxylic acids is 1. The molecule has 0 radical (unpaired) electrons. The number of piperazine rings is 1. The van der Waals surface area contributed by atoms with Crippen molar-refractivity contribution >= 4 is 40.6 Å². The Balaban J connectivity index is 1.42. The first-order valence-electron chi connectivity index (χ1n) is 9.76. The predicted octanol–water partition coefficient (Wildman–Crippen LogP) is 3.60. The Morgan fingerprint density at radius 1 is 1.07 bits per heavy atom. The summed E-state index contributed by atoms with van der Waals surface area (Å²) in [5.74, 6) is 0.374. The van der Waals surface area contributed by atoms with Gasteiger partial charge in [-0.2, -0.15) is 4.98 Å². The van der Waals surface area contributed by atoms with E-state index >= 15 is 0 Å². The standard InChI is InChI=1S/C22H23ClN6O/c1-15-7-8-16(23)13-19(15)28-9-11-29(12-10-28)22-25-14-18(20(24)27-22)21(30)26-17-5-3-2-4-6-17/h2-8,13-14H,9-12H2,1H3,(H,26,30)(H2,24,25,27). The minimum atomic E-state index is -0.327. The summed E-state index contributed by atoms with van der Waals surface area (Å²) >= 11 is 6.17. The van der Waals surface area contributed by atoms with Crippen molar-refractivity contribution in [2.45, 2.75) is 6.92 Å². The maximum atomic E-state index is 12.5. The lowest BCUT2D eigenvalue weighted by molar-refractivity contribution is 0.102. The first-order valence-corrected chi connectivity index (χ1v) is 10.1. The van der Waals surface area contributed by atoms with Gasteiger partial charge in [0.05, 0.1) is 0 Å². The molecule has 1 saturated heterocycles. The van der Waals surface area contributed by atoms with Crippen LogP contribution in [0.1, 0.15) is 15.9 Å². The number of hydrogen-bond acceptors (Lipinski definition) is 6. The Kier molecular flexibility index (Phi) is 5.72. The number of amides is 1. The van der Waals surface area contributed by atoms with E-state index in [1.807, 2.05) is 48.5 Å². The minimum absolute atomic E-state index is 0.168. The number of para-hydroxylation sites is 1. The second-order valence-electron chi connectivity index (χ2n) is 7.19. The first-order chi connectivity index (χ1) is 14.5. The molecule has 8 heteroatoms. The minimum Gasteiger partial charge on any atom is -0.383 e. The van der Waals surface area contributed by atoms with Crippen LogP contribution < -0.4 is 20.9 Å². The van der Waals surface area contributed by atoms with Crippen LogP contribution in [0.3, 0.4) is 0 Å². The van der Waals surface area contributed by atoms with Crippen LogP contribution >= 0.6 is 11.6 Å². The number of nitrogens with zero attached hydrogens (tertiary/aromatic N) is 4. The van der Waals surface area contributed by atoms with Gasteiger partial charge in [0.25, 0.3) is 5.91 Å². The third-order valence-corrected chi connectivity index (χ3v) is 5.39. The highest BCUT2D eigenvalue weighted by Crippen LogP contribution is 2.26. The molecule has 2 heterocycles. The summed E-state index contributed by atoms with van der Waals surface area (Å²) in [5, 5.41) is 3.54. The van der Waals surface area contributed by atoms with Crippen LogP contribution in [0.25, 0.3) is 0 Å². The van der Waals surface area contributed by atoms with Gasteiger partial charge >= 0.3 is 0 Å². The van der Waals surface area contributed by atoms with Crippen molar-refractivity contribution in [3.63, 3.8) is 0 Å².